The van der Waals surface area contributed by atoms with Crippen LogP contribution in [0.4, 0.5) is 5.69 Å². The fourth-order valence-electron chi connectivity index (χ4n) is 1.34. The zero-order valence-electron chi connectivity index (χ0n) is 9.22. The van der Waals surface area contributed by atoms with Crippen molar-refractivity contribution in [2.75, 3.05) is 26.1 Å². The molecule has 0 unspecified atom stereocenters. The van der Waals surface area contributed by atoms with Crippen LogP contribution in [0, 0.1) is 6.07 Å². The van der Waals surface area contributed by atoms with Gasteiger partial charge in [-0.1, -0.05) is 6.58 Å². The Morgan fingerprint density at radius 1 is 1.43 bits per heavy atom. The Morgan fingerprint density at radius 3 is 2.50 bits per heavy atom. The third-order valence-electron chi connectivity index (χ3n) is 2.07. The highest BCUT2D eigenvalue weighted by Gasteiger charge is 2.10. The normalized spacial score (nSPS) is 9.71. The predicted octanol–water partition coefficient (Wildman–Crippen LogP) is 2.59. The van der Waals surface area contributed by atoms with Gasteiger partial charge < -0.3 is 9.64 Å². The van der Waals surface area contributed by atoms with Crippen molar-refractivity contribution >= 4 is 11.3 Å². The van der Waals surface area contributed by atoms with E-state index in [0.717, 1.165) is 22.6 Å². The molecule has 0 amide bonds. The van der Waals surface area contributed by atoms with Gasteiger partial charge in [-0.15, -0.1) is 0 Å². The Morgan fingerprint density at radius 2 is 2.07 bits per heavy atom. The molecule has 0 saturated carbocycles. The summed E-state index contributed by atoms with van der Waals surface area (Å²) in [6.45, 7) is 5.88. The highest BCUT2D eigenvalue weighted by molar-refractivity contribution is 5.74. The van der Waals surface area contributed by atoms with Crippen molar-refractivity contribution in [2.45, 2.75) is 6.92 Å². The summed E-state index contributed by atoms with van der Waals surface area (Å²) in [5.41, 5.74) is 3.02. The van der Waals surface area contributed by atoms with Gasteiger partial charge in [0.1, 0.15) is 5.75 Å². The quantitative estimate of drug-likeness (QED) is 0.726. The molecule has 0 aliphatic heterocycles. The van der Waals surface area contributed by atoms with Gasteiger partial charge in [0.15, 0.2) is 0 Å². The van der Waals surface area contributed by atoms with Gasteiger partial charge >= 0.3 is 0 Å². The van der Waals surface area contributed by atoms with E-state index in [1.807, 2.05) is 38.1 Å². The van der Waals surface area contributed by atoms with Gasteiger partial charge in [0.05, 0.1) is 12.8 Å². The van der Waals surface area contributed by atoms with Crippen LogP contribution < -0.4 is 9.64 Å². The van der Waals surface area contributed by atoms with Crippen LogP contribution in [-0.2, 0) is 0 Å². The number of ether oxygens (including phenoxy) is 1. The summed E-state index contributed by atoms with van der Waals surface area (Å²) in [7, 11) is 5.64. The number of allylic oxidation sites excluding steroid dienone is 1. The summed E-state index contributed by atoms with van der Waals surface area (Å²) in [4.78, 5) is 2.00. The number of nitrogens with zero attached hydrogens (tertiary/aromatic N) is 1. The van der Waals surface area contributed by atoms with Gasteiger partial charge in [-0.05, 0) is 30.7 Å². The van der Waals surface area contributed by atoms with E-state index < -0.39 is 0 Å². The summed E-state index contributed by atoms with van der Waals surface area (Å²) in [5, 5.41) is 0. The predicted molar refractivity (Wildman–Crippen MR) is 60.9 cm³/mol. The second-order valence-corrected chi connectivity index (χ2v) is 3.46. The van der Waals surface area contributed by atoms with E-state index in [9.17, 15) is 0 Å². The van der Waals surface area contributed by atoms with Crippen LogP contribution in [0.25, 0.3) is 5.57 Å². The molecule has 0 aliphatic carbocycles. The SMILES string of the molecule is C=C(C)c1c[c]cc(N(C)C)c1OC. The number of methoxy groups -OCH3 is 1. The lowest BCUT2D eigenvalue weighted by Crippen LogP contribution is -2.10. The molecule has 0 atom stereocenters. The molecule has 0 spiro atoms. The lowest BCUT2D eigenvalue weighted by atomic mass is 10.1. The van der Waals surface area contributed by atoms with Crippen LogP contribution in [0.15, 0.2) is 18.7 Å². The monoisotopic (exact) mass is 190 g/mol. The topological polar surface area (TPSA) is 12.5 Å². The van der Waals surface area contributed by atoms with E-state index in [2.05, 4.69) is 12.6 Å². The molecule has 1 aromatic rings. The first-order valence-electron chi connectivity index (χ1n) is 4.49. The van der Waals surface area contributed by atoms with Crippen molar-refractivity contribution in [1.29, 1.82) is 0 Å². The molecule has 1 radical (unpaired) electrons. The number of hydrogen-bond donors (Lipinski definition) is 0. The first-order chi connectivity index (χ1) is 6.57. The fourth-order valence-corrected chi connectivity index (χ4v) is 1.34. The highest BCUT2D eigenvalue weighted by atomic mass is 16.5. The van der Waals surface area contributed by atoms with E-state index in [0.29, 0.717) is 0 Å². The summed E-state index contributed by atoms with van der Waals surface area (Å²) in [6, 6.07) is 6.89. The minimum absolute atomic E-state index is 0.862. The standard InChI is InChI=1S/C12H16NO/c1-9(2)10-7-6-8-11(13(3)4)12(10)14-5/h7-8H,1H2,2-5H3. The van der Waals surface area contributed by atoms with Gasteiger partial charge in [-0.3, -0.25) is 0 Å². The first-order valence-corrected chi connectivity index (χ1v) is 4.49. The van der Waals surface area contributed by atoms with Gasteiger partial charge in [0.2, 0.25) is 0 Å². The molecule has 0 fully saturated rings. The molecule has 0 bridgehead atoms. The number of benzene rings is 1. The van der Waals surface area contributed by atoms with Crippen molar-refractivity contribution < 1.29 is 4.74 Å². The van der Waals surface area contributed by atoms with Crippen LogP contribution in [0.1, 0.15) is 12.5 Å². The van der Waals surface area contributed by atoms with Gasteiger partial charge in [-0.2, -0.15) is 0 Å². The van der Waals surface area contributed by atoms with Crippen LogP contribution in [0.3, 0.4) is 0 Å². The Labute approximate surface area is 85.8 Å². The van der Waals surface area contributed by atoms with E-state index >= 15 is 0 Å². The van der Waals surface area contributed by atoms with E-state index in [1.54, 1.807) is 7.11 Å². The minimum atomic E-state index is 0.862. The smallest absolute Gasteiger partial charge is 0.149 e. The lowest BCUT2D eigenvalue weighted by molar-refractivity contribution is 0.414. The Hall–Kier alpha value is -1.44. The molecule has 2 nitrogen and oxygen atoms in total. The maximum atomic E-state index is 5.38. The van der Waals surface area contributed by atoms with Crippen molar-refractivity contribution in [2.24, 2.45) is 0 Å². The maximum Gasteiger partial charge on any atom is 0.149 e. The molecule has 0 heterocycles. The average Bonchev–Trinajstić information content (AvgIpc) is 2.16. The summed E-state index contributed by atoms with van der Waals surface area (Å²) in [6.07, 6.45) is 0. The molecular weight excluding hydrogens is 174 g/mol. The number of anilines is 1. The third kappa shape index (κ3) is 1.90. The third-order valence-corrected chi connectivity index (χ3v) is 2.07. The van der Waals surface area contributed by atoms with Crippen molar-refractivity contribution in [3.63, 3.8) is 0 Å². The highest BCUT2D eigenvalue weighted by Crippen LogP contribution is 2.33. The lowest BCUT2D eigenvalue weighted by Gasteiger charge is -2.18. The second-order valence-electron chi connectivity index (χ2n) is 3.46. The molecular formula is C12H16NO. The van der Waals surface area contributed by atoms with Gasteiger partial charge in [0.25, 0.3) is 0 Å². The Bertz CT molecular complexity index is 342. The maximum absolute atomic E-state index is 5.38. The van der Waals surface area contributed by atoms with Crippen molar-refractivity contribution in [3.8, 4) is 5.75 Å². The molecule has 0 saturated heterocycles. The van der Waals surface area contributed by atoms with Crippen molar-refractivity contribution in [1.82, 2.24) is 0 Å². The molecule has 0 N–H and O–H groups in total. The van der Waals surface area contributed by atoms with E-state index in [-0.39, 0.29) is 0 Å². The number of rotatable bonds is 3. The largest absolute Gasteiger partial charge is 0.494 e. The molecule has 75 valence electrons. The van der Waals surface area contributed by atoms with Crippen LogP contribution >= 0.6 is 0 Å². The molecule has 0 aromatic heterocycles. The first kappa shape index (κ1) is 10.6. The average molecular weight is 190 g/mol. The molecule has 14 heavy (non-hydrogen) atoms. The van der Waals surface area contributed by atoms with E-state index in [4.69, 9.17) is 4.74 Å². The molecule has 2 heteroatoms. The van der Waals surface area contributed by atoms with Gasteiger partial charge in [-0.25, -0.2) is 0 Å². The Balaban J connectivity index is 3.32. The molecule has 0 aliphatic rings. The fraction of sp³-hybridized carbons (Fsp3) is 0.333. The summed E-state index contributed by atoms with van der Waals surface area (Å²) in [5.74, 6) is 0.862. The van der Waals surface area contributed by atoms with Gasteiger partial charge in [0, 0.05) is 19.7 Å². The Kier molecular flexibility index (Phi) is 3.18. The van der Waals surface area contributed by atoms with Crippen molar-refractivity contribution in [3.05, 3.63) is 30.3 Å². The number of hydrogen-bond acceptors (Lipinski definition) is 2. The zero-order chi connectivity index (χ0) is 10.7. The molecule has 1 rings (SSSR count). The summed E-state index contributed by atoms with van der Waals surface area (Å²) >= 11 is 0. The van der Waals surface area contributed by atoms with Crippen LogP contribution in [0.2, 0.25) is 0 Å². The van der Waals surface area contributed by atoms with Crippen LogP contribution in [-0.4, -0.2) is 21.2 Å². The minimum Gasteiger partial charge on any atom is -0.494 e. The second kappa shape index (κ2) is 4.18. The zero-order valence-corrected chi connectivity index (χ0v) is 9.22. The molecule has 1 aromatic carbocycles. The summed E-state index contributed by atoms with van der Waals surface area (Å²) < 4.78 is 5.38. The van der Waals surface area contributed by atoms with Crippen LogP contribution in [0.5, 0.6) is 5.75 Å². The van der Waals surface area contributed by atoms with E-state index in [1.165, 1.54) is 0 Å².